The molecule has 7 amide bonds. The number of rotatable bonds is 27. The molecule has 0 saturated carbocycles. The van der Waals surface area contributed by atoms with E-state index in [1.807, 2.05) is 40.4 Å². The van der Waals surface area contributed by atoms with E-state index >= 15 is 0 Å². The molecule has 8 N–H and O–H groups in total. The number of fused-ring (bicyclic) bond motifs is 1. The van der Waals surface area contributed by atoms with Crippen LogP contribution in [-0.4, -0.2) is 114 Å². The molecule has 0 radical (unpaired) electrons. The maximum Gasteiger partial charge on any atom is 0.339 e. The number of unbranched alkanes of at least 4 members (excludes halogenated alkanes) is 4. The molecule has 64 heavy (non-hydrogen) atoms. The van der Waals surface area contributed by atoms with Gasteiger partial charge in [-0.15, -0.1) is 0 Å². The summed E-state index contributed by atoms with van der Waals surface area (Å²) in [6.07, 6.45) is 6.22. The third kappa shape index (κ3) is 17.6. The Morgan fingerprint density at radius 1 is 0.828 bits per heavy atom. The quantitative estimate of drug-likeness (QED) is 0.0279. The number of amides is 7. The van der Waals surface area contributed by atoms with Gasteiger partial charge in [0, 0.05) is 50.3 Å². The molecule has 0 spiro atoms. The van der Waals surface area contributed by atoms with E-state index in [0.29, 0.717) is 65.0 Å². The van der Waals surface area contributed by atoms with Gasteiger partial charge in [-0.2, -0.15) is 11.8 Å². The van der Waals surface area contributed by atoms with Crippen LogP contribution in [0.2, 0.25) is 0 Å². The average molecular weight is 1020 g/mol. The number of Topliss-reactive ketones (excluding diaryl/α,β-unsaturated/α-hetero) is 1. The standard InChI is InChI=1S/C45H62IN7O10S/c1-27-12-11-13-28(2)40(27)44(61)63-25-31(55)24-49-39(58)16-5-4-9-21-48-42(59)34(23-30-18-19-36(56)32(46)22-30)51-43(60)33(50-29(3)54)14-8-10-20-47-38(57)17-7-6-15-37-41-35(26-64-37)52-45(62)53-41/h11-13,18-19,22,33-35,37,41,56H,4-10,14-17,20-21,23-26H2,1-3H3,(H,47,57)(H,48,59)(H,49,58)(H,50,54)(H,51,60)(H2,52,53,62)/t33-,34-,35+,37?,41+/m0/s1. The summed E-state index contributed by atoms with van der Waals surface area (Å²) in [4.78, 5) is 100. The normalized spacial score (nSPS) is 17.2. The second-order valence-electron chi connectivity index (χ2n) is 16.3. The van der Waals surface area contributed by atoms with Gasteiger partial charge in [-0.1, -0.05) is 37.1 Å². The van der Waals surface area contributed by atoms with Gasteiger partial charge in [0.05, 0.1) is 27.8 Å². The van der Waals surface area contributed by atoms with Gasteiger partial charge < -0.3 is 47.1 Å². The van der Waals surface area contributed by atoms with Crippen LogP contribution in [0.3, 0.4) is 0 Å². The fraction of sp³-hybridized carbons (Fsp3) is 0.556. The zero-order valence-corrected chi connectivity index (χ0v) is 39.8. The van der Waals surface area contributed by atoms with E-state index in [1.165, 1.54) is 13.0 Å². The number of carbonyl (C=O) groups excluding carboxylic acids is 8. The van der Waals surface area contributed by atoms with Gasteiger partial charge in [-0.05, 0) is 110 Å². The summed E-state index contributed by atoms with van der Waals surface area (Å²) in [5.74, 6) is -1.82. The number of ether oxygens (including phenoxy) is 1. The zero-order valence-electron chi connectivity index (χ0n) is 36.8. The van der Waals surface area contributed by atoms with E-state index in [4.69, 9.17) is 4.74 Å². The van der Waals surface area contributed by atoms with Gasteiger partial charge in [0.2, 0.25) is 29.5 Å². The number of hydrogen-bond donors (Lipinski definition) is 8. The van der Waals surface area contributed by atoms with Gasteiger partial charge in [0.15, 0.2) is 12.4 Å². The van der Waals surface area contributed by atoms with Crippen LogP contribution in [0.5, 0.6) is 5.75 Å². The molecule has 350 valence electrons. The van der Waals surface area contributed by atoms with Crippen molar-refractivity contribution in [3.05, 3.63) is 62.2 Å². The molecule has 0 bridgehead atoms. The second kappa shape index (κ2) is 26.8. The molecule has 1 unspecified atom stereocenters. The fourth-order valence-electron chi connectivity index (χ4n) is 7.59. The van der Waals surface area contributed by atoms with Crippen LogP contribution in [0.15, 0.2) is 36.4 Å². The van der Waals surface area contributed by atoms with Crippen molar-refractivity contribution in [2.45, 2.75) is 127 Å². The molecule has 0 aliphatic carbocycles. The summed E-state index contributed by atoms with van der Waals surface area (Å²) >= 11 is 3.83. The van der Waals surface area contributed by atoms with E-state index in [-0.39, 0.29) is 68.0 Å². The fourth-order valence-corrected chi connectivity index (χ4v) is 9.71. The molecule has 2 aromatic carbocycles. The van der Waals surface area contributed by atoms with E-state index < -0.39 is 48.2 Å². The molecule has 17 nitrogen and oxygen atoms in total. The highest BCUT2D eigenvalue weighted by molar-refractivity contribution is 14.1. The van der Waals surface area contributed by atoms with Crippen molar-refractivity contribution >= 4 is 81.7 Å². The van der Waals surface area contributed by atoms with Gasteiger partial charge in [0.1, 0.15) is 17.8 Å². The minimum absolute atomic E-state index is 0.0532. The van der Waals surface area contributed by atoms with Crippen molar-refractivity contribution in [1.29, 1.82) is 0 Å². The predicted molar refractivity (Wildman–Crippen MR) is 251 cm³/mol. The first-order valence-electron chi connectivity index (χ1n) is 21.9. The highest BCUT2D eigenvalue weighted by Crippen LogP contribution is 2.33. The molecule has 2 saturated heterocycles. The highest BCUT2D eigenvalue weighted by atomic mass is 127. The van der Waals surface area contributed by atoms with Crippen molar-refractivity contribution < 1.29 is 48.2 Å². The lowest BCUT2D eigenvalue weighted by Gasteiger charge is -2.23. The molecule has 0 aromatic heterocycles. The Morgan fingerprint density at radius 2 is 1.52 bits per heavy atom. The van der Waals surface area contributed by atoms with E-state index in [0.717, 1.165) is 36.1 Å². The lowest BCUT2D eigenvalue weighted by Crippen LogP contribution is -2.54. The number of thioether (sulfide) groups is 1. The highest BCUT2D eigenvalue weighted by Gasteiger charge is 2.42. The van der Waals surface area contributed by atoms with Crippen molar-refractivity contribution in [1.82, 2.24) is 37.2 Å². The van der Waals surface area contributed by atoms with E-state index in [2.05, 4.69) is 37.2 Å². The minimum Gasteiger partial charge on any atom is -0.507 e. The molecule has 2 fully saturated rings. The zero-order chi connectivity index (χ0) is 46.6. The van der Waals surface area contributed by atoms with Crippen LogP contribution in [-0.2, 0) is 39.9 Å². The van der Waals surface area contributed by atoms with Crippen LogP contribution in [0, 0.1) is 17.4 Å². The van der Waals surface area contributed by atoms with Crippen molar-refractivity contribution in [2.24, 2.45) is 0 Å². The maximum atomic E-state index is 13.6. The summed E-state index contributed by atoms with van der Waals surface area (Å²) in [5.41, 5.74) is 2.60. The molecular formula is C45H62IN7O10S. The van der Waals surface area contributed by atoms with Crippen LogP contribution < -0.4 is 37.2 Å². The van der Waals surface area contributed by atoms with Crippen LogP contribution >= 0.6 is 34.4 Å². The Balaban J connectivity index is 1.15. The van der Waals surface area contributed by atoms with Crippen molar-refractivity contribution in [2.75, 3.05) is 32.0 Å². The lowest BCUT2D eigenvalue weighted by atomic mass is 10.0. The van der Waals surface area contributed by atoms with Gasteiger partial charge in [-0.25, -0.2) is 9.59 Å². The number of hydrogen-bond acceptors (Lipinski definition) is 11. The number of carbonyl (C=O) groups is 8. The van der Waals surface area contributed by atoms with E-state index in [9.17, 15) is 43.5 Å². The number of halogens is 1. The lowest BCUT2D eigenvalue weighted by molar-refractivity contribution is -0.131. The second-order valence-corrected chi connectivity index (χ2v) is 18.7. The Labute approximate surface area is 392 Å². The number of phenolic OH excluding ortho intramolecular Hbond substituents is 1. The molecule has 5 atom stereocenters. The molecule has 2 aromatic rings. The smallest absolute Gasteiger partial charge is 0.339 e. The van der Waals surface area contributed by atoms with Crippen LogP contribution in [0.25, 0.3) is 0 Å². The Bertz CT molecular complexity index is 1970. The first-order chi connectivity index (χ1) is 30.6. The number of ketones is 1. The number of urea groups is 1. The summed E-state index contributed by atoms with van der Waals surface area (Å²) in [6.45, 7) is 4.83. The van der Waals surface area contributed by atoms with Crippen LogP contribution in [0.1, 0.15) is 105 Å². The molecule has 19 heteroatoms. The number of phenols is 1. The topological polar surface area (TPSA) is 250 Å². The van der Waals surface area contributed by atoms with Gasteiger partial charge >= 0.3 is 12.0 Å². The van der Waals surface area contributed by atoms with Gasteiger partial charge in [-0.3, -0.25) is 28.8 Å². The minimum atomic E-state index is -1.01. The molecule has 2 aliphatic rings. The maximum absolute atomic E-state index is 13.6. The number of esters is 1. The summed E-state index contributed by atoms with van der Waals surface area (Å²) in [5, 5.41) is 30.1. The van der Waals surface area contributed by atoms with Crippen molar-refractivity contribution in [3.63, 3.8) is 0 Å². The Hall–Kier alpha value is -4.92. The summed E-state index contributed by atoms with van der Waals surface area (Å²) in [6, 6.07) is 8.58. The number of aryl methyl sites for hydroxylation is 2. The summed E-state index contributed by atoms with van der Waals surface area (Å²) < 4.78 is 5.73. The molecular weight excluding hydrogens is 958 g/mol. The van der Waals surface area contributed by atoms with Gasteiger partial charge in [0.25, 0.3) is 0 Å². The largest absolute Gasteiger partial charge is 0.507 e. The van der Waals surface area contributed by atoms with Crippen molar-refractivity contribution in [3.8, 4) is 5.75 Å². The Kier molecular flexibility index (Phi) is 21.6. The Morgan fingerprint density at radius 3 is 2.23 bits per heavy atom. The summed E-state index contributed by atoms with van der Waals surface area (Å²) in [7, 11) is 0. The molecule has 4 rings (SSSR count). The third-order valence-corrected chi connectivity index (χ3v) is 13.4. The number of nitrogens with one attached hydrogen (secondary N) is 7. The SMILES string of the molecule is CC(=O)N[C@@H](CCCCNC(=O)CCCCC1SC[C@H]2NC(=O)N[C@@H]12)C(=O)N[C@@H](Cc1ccc(O)c(I)c1)C(=O)NCCCCCC(=O)NCC(=O)COC(=O)c1c(C)cccc1C. The van der Waals surface area contributed by atoms with E-state index in [1.54, 1.807) is 38.1 Å². The molecule has 2 heterocycles. The first-order valence-corrected chi connectivity index (χ1v) is 24.0. The predicted octanol–water partition coefficient (Wildman–Crippen LogP) is 3.38. The number of aromatic hydroxyl groups is 1. The first kappa shape index (κ1) is 51.7. The average Bonchev–Trinajstić information content (AvgIpc) is 3.81. The van der Waals surface area contributed by atoms with Crippen LogP contribution in [0.4, 0.5) is 4.79 Å². The monoisotopic (exact) mass is 1020 g/mol. The molecule has 2 aliphatic heterocycles. The third-order valence-electron chi connectivity index (χ3n) is 11.0. The number of benzene rings is 2.